The molecule has 0 unspecified atom stereocenters. The summed E-state index contributed by atoms with van der Waals surface area (Å²) in [6, 6.07) is 39.5. The van der Waals surface area contributed by atoms with Crippen LogP contribution in [-0.2, 0) is 12.8 Å². The summed E-state index contributed by atoms with van der Waals surface area (Å²) >= 11 is 0. The molecule has 0 amide bonds. The van der Waals surface area contributed by atoms with Gasteiger partial charge in [-0.25, -0.2) is 0 Å². The van der Waals surface area contributed by atoms with E-state index in [-0.39, 0.29) is 0 Å². The highest BCUT2D eigenvalue weighted by molar-refractivity contribution is 6.10. The van der Waals surface area contributed by atoms with Crippen molar-refractivity contribution in [2.24, 2.45) is 0 Å². The van der Waals surface area contributed by atoms with Crippen molar-refractivity contribution < 1.29 is 0 Å². The summed E-state index contributed by atoms with van der Waals surface area (Å²) < 4.78 is 4.57. The molecule has 0 N–H and O–H groups in total. The third-order valence-electron chi connectivity index (χ3n) is 10.5. The van der Waals surface area contributed by atoms with Gasteiger partial charge in [0.05, 0.1) is 39.5 Å². The van der Waals surface area contributed by atoms with Crippen LogP contribution in [0.3, 0.4) is 0 Å². The highest BCUT2D eigenvalue weighted by atomic mass is 15.0. The molecule has 248 valence electrons. The van der Waals surface area contributed by atoms with Gasteiger partial charge in [-0.3, -0.25) is 0 Å². The highest BCUT2D eigenvalue weighted by Crippen LogP contribution is 2.42. The molecule has 0 radical (unpaired) electrons. The van der Waals surface area contributed by atoms with E-state index in [0.29, 0.717) is 22.3 Å². The molecular formula is C48H31N5. The van der Waals surface area contributed by atoms with Crippen molar-refractivity contribution in [2.75, 3.05) is 0 Å². The first-order valence-corrected chi connectivity index (χ1v) is 17.7. The van der Waals surface area contributed by atoms with Crippen LogP contribution in [0, 0.1) is 40.9 Å². The van der Waals surface area contributed by atoms with Crippen molar-refractivity contribution in [2.45, 2.75) is 19.8 Å². The molecule has 53 heavy (non-hydrogen) atoms. The van der Waals surface area contributed by atoms with Crippen molar-refractivity contribution in [3.63, 3.8) is 0 Å². The number of para-hydroxylation sites is 1. The molecule has 7 aromatic rings. The van der Waals surface area contributed by atoms with Crippen LogP contribution in [-0.4, -0.2) is 9.13 Å². The second-order valence-electron chi connectivity index (χ2n) is 13.4. The Hall–Kier alpha value is -7.39. The molecule has 2 aliphatic carbocycles. The van der Waals surface area contributed by atoms with Gasteiger partial charge in [-0.2, -0.15) is 15.8 Å². The lowest BCUT2D eigenvalue weighted by Gasteiger charge is -2.19. The van der Waals surface area contributed by atoms with Crippen molar-refractivity contribution >= 4 is 34.0 Å². The van der Waals surface area contributed by atoms with Gasteiger partial charge in [-0.15, -0.1) is 0 Å². The third kappa shape index (κ3) is 4.97. The third-order valence-corrected chi connectivity index (χ3v) is 10.5. The van der Waals surface area contributed by atoms with E-state index in [2.05, 4.69) is 106 Å². The molecule has 9 rings (SSSR count). The van der Waals surface area contributed by atoms with Crippen LogP contribution in [0.1, 0.15) is 44.8 Å². The number of rotatable bonds is 4. The molecule has 5 heteroatoms. The van der Waals surface area contributed by atoms with Crippen molar-refractivity contribution in [3.05, 3.63) is 178 Å². The van der Waals surface area contributed by atoms with E-state index in [1.165, 1.54) is 22.5 Å². The molecule has 0 bridgehead atoms. The van der Waals surface area contributed by atoms with E-state index in [1.54, 1.807) is 0 Å². The predicted octanol–water partition coefficient (Wildman–Crippen LogP) is 11.1. The molecule has 5 aromatic carbocycles. The zero-order valence-corrected chi connectivity index (χ0v) is 29.0. The van der Waals surface area contributed by atoms with E-state index in [9.17, 15) is 15.8 Å². The molecule has 0 atom stereocenters. The van der Waals surface area contributed by atoms with Gasteiger partial charge in [-0.1, -0.05) is 103 Å². The molecule has 0 spiro atoms. The zero-order chi connectivity index (χ0) is 36.1. The predicted molar refractivity (Wildman–Crippen MR) is 214 cm³/mol. The quantitative estimate of drug-likeness (QED) is 0.186. The summed E-state index contributed by atoms with van der Waals surface area (Å²) in [7, 11) is 0. The standard InChI is InChI=1S/C48H31N5/c1-31-12-10-21-47(53-45-20-9-8-17-38(45)40-26-32(28-49)22-25-46(40)53)48(31)39-24-23-35(41(29-50)42(39)30-51)33-13-11-14-34(27-33)52-43-18-6-2-4-15-36(43)37-16-5-3-7-19-44(37)52/h2-17,20-27H,18-19H2,1H3. The molecular weight excluding hydrogens is 647 g/mol. The zero-order valence-electron chi connectivity index (χ0n) is 29.0. The van der Waals surface area contributed by atoms with Crippen LogP contribution < -0.4 is 0 Å². The molecule has 0 aliphatic heterocycles. The molecule has 2 heterocycles. The fourth-order valence-corrected chi connectivity index (χ4v) is 8.21. The number of hydrogen-bond donors (Lipinski definition) is 0. The first-order chi connectivity index (χ1) is 26.1. The van der Waals surface area contributed by atoms with Gasteiger partial charge in [-0.05, 0) is 60.5 Å². The first kappa shape index (κ1) is 31.6. The molecule has 2 aliphatic rings. The van der Waals surface area contributed by atoms with Gasteiger partial charge in [0.2, 0.25) is 0 Å². The largest absolute Gasteiger partial charge is 0.316 e. The van der Waals surface area contributed by atoms with E-state index >= 15 is 0 Å². The molecule has 0 fully saturated rings. The fraction of sp³-hybridized carbons (Fsp3) is 0.0625. The van der Waals surface area contributed by atoms with Crippen LogP contribution in [0.4, 0.5) is 0 Å². The lowest BCUT2D eigenvalue weighted by atomic mass is 9.88. The van der Waals surface area contributed by atoms with Gasteiger partial charge in [0, 0.05) is 68.5 Å². The maximum absolute atomic E-state index is 10.8. The molecule has 5 nitrogen and oxygen atoms in total. The van der Waals surface area contributed by atoms with E-state index < -0.39 is 0 Å². The van der Waals surface area contributed by atoms with E-state index in [1.807, 2.05) is 73.7 Å². The second-order valence-corrected chi connectivity index (χ2v) is 13.4. The number of nitriles is 3. The minimum absolute atomic E-state index is 0.340. The number of benzene rings is 5. The van der Waals surface area contributed by atoms with E-state index in [4.69, 9.17) is 0 Å². The lowest BCUT2D eigenvalue weighted by Crippen LogP contribution is -2.05. The topological polar surface area (TPSA) is 81.2 Å². The van der Waals surface area contributed by atoms with Gasteiger partial charge >= 0.3 is 0 Å². The Morgan fingerprint density at radius 1 is 0.566 bits per heavy atom. The van der Waals surface area contributed by atoms with Crippen LogP contribution in [0.25, 0.3) is 67.6 Å². The summed E-state index contributed by atoms with van der Waals surface area (Å²) in [6.07, 6.45) is 18.8. The Morgan fingerprint density at radius 2 is 1.25 bits per heavy atom. The SMILES string of the molecule is Cc1cccc(-n2c3ccccc3c3cc(C#N)ccc32)c1-c1ccc(-c2cccc(-n3c4c(c5c3CC=CC=C5)C=CC=CC4)c2)c(C#N)c1C#N. The Morgan fingerprint density at radius 3 is 1.98 bits per heavy atom. The van der Waals surface area contributed by atoms with Crippen LogP contribution >= 0.6 is 0 Å². The maximum atomic E-state index is 10.8. The van der Waals surface area contributed by atoms with Crippen molar-refractivity contribution in [1.29, 1.82) is 15.8 Å². The van der Waals surface area contributed by atoms with Crippen molar-refractivity contribution in [3.8, 4) is 51.8 Å². The van der Waals surface area contributed by atoms with Gasteiger partial charge in [0.25, 0.3) is 0 Å². The Kier molecular flexibility index (Phi) is 7.59. The number of aryl methyl sites for hydroxylation is 1. The Balaban J connectivity index is 1.23. The Bertz CT molecular complexity index is 2890. The molecule has 2 aromatic heterocycles. The number of aromatic nitrogens is 2. The van der Waals surface area contributed by atoms with Crippen molar-refractivity contribution in [1.82, 2.24) is 9.13 Å². The average molecular weight is 678 g/mol. The van der Waals surface area contributed by atoms with Crippen LogP contribution in [0.15, 0.2) is 134 Å². The minimum atomic E-state index is 0.340. The number of hydrogen-bond acceptors (Lipinski definition) is 3. The first-order valence-electron chi connectivity index (χ1n) is 17.7. The number of fused-ring (bicyclic) bond motifs is 6. The summed E-state index contributed by atoms with van der Waals surface area (Å²) in [5.74, 6) is 0. The van der Waals surface area contributed by atoms with Crippen LogP contribution in [0.2, 0.25) is 0 Å². The number of nitrogens with zero attached hydrogens (tertiary/aromatic N) is 5. The lowest BCUT2D eigenvalue weighted by molar-refractivity contribution is 0.909. The second kappa shape index (κ2) is 12.7. The smallest absolute Gasteiger partial charge is 0.101 e. The monoisotopic (exact) mass is 677 g/mol. The van der Waals surface area contributed by atoms with Crippen LogP contribution in [0.5, 0.6) is 0 Å². The highest BCUT2D eigenvalue weighted by Gasteiger charge is 2.24. The fourth-order valence-electron chi connectivity index (χ4n) is 8.21. The van der Waals surface area contributed by atoms with E-state index in [0.717, 1.165) is 68.3 Å². The molecule has 0 saturated heterocycles. The summed E-state index contributed by atoms with van der Waals surface area (Å²) in [4.78, 5) is 0. The van der Waals surface area contributed by atoms with Gasteiger partial charge in [0.1, 0.15) is 12.1 Å². The summed E-state index contributed by atoms with van der Waals surface area (Å²) in [5, 5.41) is 33.3. The summed E-state index contributed by atoms with van der Waals surface area (Å²) in [5.41, 5.74) is 14.2. The molecule has 0 saturated carbocycles. The number of allylic oxidation sites excluding steroid dienone is 6. The normalized spacial score (nSPS) is 12.9. The minimum Gasteiger partial charge on any atom is -0.316 e. The maximum Gasteiger partial charge on any atom is 0.101 e. The summed E-state index contributed by atoms with van der Waals surface area (Å²) in [6.45, 7) is 2.04. The van der Waals surface area contributed by atoms with Gasteiger partial charge < -0.3 is 9.13 Å². The average Bonchev–Trinajstić information content (AvgIpc) is 3.38. The Labute approximate surface area is 307 Å². The van der Waals surface area contributed by atoms with Gasteiger partial charge in [0.15, 0.2) is 0 Å².